The molecule has 1 aliphatic rings. The van der Waals surface area contributed by atoms with Crippen LogP contribution in [0.4, 0.5) is 11.4 Å². The number of rotatable bonds is 7. The first-order valence-electron chi connectivity index (χ1n) is 10.2. The molecule has 1 heterocycles. The van der Waals surface area contributed by atoms with E-state index in [-0.39, 0.29) is 17.3 Å². The fourth-order valence-corrected chi connectivity index (χ4v) is 3.86. The fraction of sp³-hybridized carbons (Fsp3) is 0.417. The van der Waals surface area contributed by atoms with Crippen LogP contribution >= 0.6 is 0 Å². The molecule has 6 nitrogen and oxygen atoms in total. The summed E-state index contributed by atoms with van der Waals surface area (Å²) in [4.78, 5) is 24.5. The lowest BCUT2D eigenvalue weighted by Crippen LogP contribution is -2.46. The van der Waals surface area contributed by atoms with Crippen molar-refractivity contribution in [2.45, 2.75) is 52.0 Å². The van der Waals surface area contributed by atoms with Crippen LogP contribution in [0.1, 0.15) is 46.1 Å². The first kappa shape index (κ1) is 21.7. The van der Waals surface area contributed by atoms with Crippen LogP contribution in [-0.2, 0) is 19.7 Å². The average Bonchev–Trinajstić information content (AvgIpc) is 3.11. The first-order chi connectivity index (χ1) is 14.2. The van der Waals surface area contributed by atoms with Crippen LogP contribution in [0.3, 0.4) is 0 Å². The molecule has 6 heteroatoms. The number of nitrogens with zero attached hydrogens (tertiary/aromatic N) is 2. The topological polar surface area (TPSA) is 80.1 Å². The van der Waals surface area contributed by atoms with Gasteiger partial charge in [0, 0.05) is 11.8 Å². The Bertz CT molecular complexity index is 918. The summed E-state index contributed by atoms with van der Waals surface area (Å²) in [6, 6.07) is 17.0. The van der Waals surface area contributed by atoms with E-state index >= 15 is 0 Å². The molecule has 1 unspecified atom stereocenters. The lowest BCUT2D eigenvalue weighted by molar-refractivity contribution is -0.142. The molecule has 1 saturated heterocycles. The summed E-state index contributed by atoms with van der Waals surface area (Å²) >= 11 is 0. The van der Waals surface area contributed by atoms with Crippen molar-refractivity contribution in [1.82, 2.24) is 5.32 Å². The number of hydrogen-bond acceptors (Lipinski definition) is 5. The van der Waals surface area contributed by atoms with Gasteiger partial charge in [0.25, 0.3) is 0 Å². The molecule has 30 heavy (non-hydrogen) atoms. The molecule has 2 aromatic carbocycles. The van der Waals surface area contributed by atoms with Crippen LogP contribution in [-0.4, -0.2) is 24.5 Å². The van der Waals surface area contributed by atoms with Crippen molar-refractivity contribution >= 4 is 23.3 Å². The highest BCUT2D eigenvalue weighted by Crippen LogP contribution is 2.37. The number of amides is 1. The Morgan fingerprint density at radius 3 is 2.17 bits per heavy atom. The molecule has 0 radical (unpaired) electrons. The molecule has 1 amide bonds. The Hall–Kier alpha value is -3.02. The molecule has 0 aliphatic carbocycles. The molecule has 0 spiro atoms. The number of nitrogens with one attached hydrogen (secondary N) is 1. The van der Waals surface area contributed by atoms with Crippen molar-refractivity contribution in [2.24, 2.45) is 15.6 Å². The van der Waals surface area contributed by atoms with Crippen molar-refractivity contribution in [3.05, 3.63) is 60.2 Å². The monoisotopic (exact) mass is 407 g/mol. The maximum Gasteiger partial charge on any atom is 0.328 e. The standard InChI is InChI=1S/C24H29N3O3/c1-23(2,16-24(3,4)22(29)25-20-14-15-30-21(20)28)17-10-12-19(13-11-17)27-26-18-8-6-5-7-9-18/h5-13,20H,14-16H2,1-4H3,(H,25,29). The van der Waals surface area contributed by atoms with Gasteiger partial charge in [-0.1, -0.05) is 58.0 Å². The highest BCUT2D eigenvalue weighted by molar-refractivity contribution is 5.88. The van der Waals surface area contributed by atoms with Gasteiger partial charge in [0.2, 0.25) is 5.91 Å². The van der Waals surface area contributed by atoms with Gasteiger partial charge >= 0.3 is 5.97 Å². The summed E-state index contributed by atoms with van der Waals surface area (Å²) in [6.07, 6.45) is 1.15. The third-order valence-electron chi connectivity index (χ3n) is 5.43. The third-order valence-corrected chi connectivity index (χ3v) is 5.43. The minimum absolute atomic E-state index is 0.132. The second kappa shape index (κ2) is 8.78. The van der Waals surface area contributed by atoms with Crippen molar-refractivity contribution < 1.29 is 14.3 Å². The zero-order chi connectivity index (χ0) is 21.8. The smallest absolute Gasteiger partial charge is 0.328 e. The molecule has 0 bridgehead atoms. The van der Waals surface area contributed by atoms with Crippen molar-refractivity contribution in [3.8, 4) is 0 Å². The SMILES string of the molecule is CC(C)(CC(C)(C)c1ccc(N=Nc2ccccc2)cc1)C(=O)NC1CCOC1=O. The minimum Gasteiger partial charge on any atom is -0.464 e. The largest absolute Gasteiger partial charge is 0.464 e. The second-order valence-electron chi connectivity index (χ2n) is 9.01. The van der Waals surface area contributed by atoms with E-state index in [0.29, 0.717) is 19.4 Å². The number of benzene rings is 2. The lowest BCUT2D eigenvalue weighted by Gasteiger charge is -2.35. The number of cyclic esters (lactones) is 1. The summed E-state index contributed by atoms with van der Waals surface area (Å²) in [5, 5.41) is 11.4. The van der Waals surface area contributed by atoms with Crippen molar-refractivity contribution in [2.75, 3.05) is 6.61 Å². The van der Waals surface area contributed by atoms with Crippen LogP contribution < -0.4 is 5.32 Å². The highest BCUT2D eigenvalue weighted by Gasteiger charge is 2.38. The van der Waals surface area contributed by atoms with Gasteiger partial charge in [-0.05, 0) is 41.7 Å². The Morgan fingerprint density at radius 1 is 1.00 bits per heavy atom. The molecule has 1 atom stereocenters. The molecule has 2 aromatic rings. The molecule has 0 saturated carbocycles. The van der Waals surface area contributed by atoms with E-state index < -0.39 is 11.5 Å². The maximum absolute atomic E-state index is 12.8. The number of azo groups is 1. The molecule has 158 valence electrons. The predicted octanol–water partition coefficient (Wildman–Crippen LogP) is 5.23. The second-order valence-corrected chi connectivity index (χ2v) is 9.01. The number of carbonyl (C=O) groups excluding carboxylic acids is 2. The molecular formula is C24H29N3O3. The molecule has 1 fully saturated rings. The Kier molecular flexibility index (Phi) is 6.34. The lowest BCUT2D eigenvalue weighted by atomic mass is 9.71. The van der Waals surface area contributed by atoms with Gasteiger partial charge in [-0.15, -0.1) is 0 Å². The summed E-state index contributed by atoms with van der Waals surface area (Å²) in [5.41, 5.74) is 1.81. The van der Waals surface area contributed by atoms with Crippen LogP contribution in [0.25, 0.3) is 0 Å². The number of carbonyl (C=O) groups is 2. The predicted molar refractivity (Wildman–Crippen MR) is 116 cm³/mol. The molecular weight excluding hydrogens is 378 g/mol. The van der Waals surface area contributed by atoms with Gasteiger partial charge in [0.1, 0.15) is 6.04 Å². The number of hydrogen-bond donors (Lipinski definition) is 1. The Labute approximate surface area is 177 Å². The zero-order valence-electron chi connectivity index (χ0n) is 18.0. The third kappa shape index (κ3) is 5.32. The summed E-state index contributed by atoms with van der Waals surface area (Å²) in [7, 11) is 0. The van der Waals surface area contributed by atoms with E-state index in [2.05, 4.69) is 29.4 Å². The van der Waals surface area contributed by atoms with Gasteiger partial charge < -0.3 is 10.1 Å². The van der Waals surface area contributed by atoms with Crippen LogP contribution in [0, 0.1) is 5.41 Å². The van der Waals surface area contributed by atoms with E-state index in [1.54, 1.807) is 0 Å². The summed E-state index contributed by atoms with van der Waals surface area (Å²) in [6.45, 7) is 8.42. The van der Waals surface area contributed by atoms with E-state index in [0.717, 1.165) is 16.9 Å². The Morgan fingerprint density at radius 2 is 1.60 bits per heavy atom. The van der Waals surface area contributed by atoms with E-state index in [1.807, 2.05) is 68.4 Å². The van der Waals surface area contributed by atoms with Gasteiger partial charge in [-0.2, -0.15) is 10.2 Å². The highest BCUT2D eigenvalue weighted by atomic mass is 16.5. The van der Waals surface area contributed by atoms with E-state index in [1.165, 1.54) is 0 Å². The normalized spacial score (nSPS) is 17.2. The van der Waals surface area contributed by atoms with Crippen LogP contribution in [0.5, 0.6) is 0 Å². The number of esters is 1. The van der Waals surface area contributed by atoms with Gasteiger partial charge in [0.05, 0.1) is 18.0 Å². The maximum atomic E-state index is 12.8. The van der Waals surface area contributed by atoms with Crippen molar-refractivity contribution in [3.63, 3.8) is 0 Å². The average molecular weight is 408 g/mol. The Balaban J connectivity index is 1.65. The van der Waals surface area contributed by atoms with E-state index in [4.69, 9.17) is 4.74 Å². The fourth-order valence-electron chi connectivity index (χ4n) is 3.86. The molecule has 1 N–H and O–H groups in total. The number of ether oxygens (including phenoxy) is 1. The minimum atomic E-state index is -0.641. The summed E-state index contributed by atoms with van der Waals surface area (Å²) in [5.74, 6) is -0.480. The van der Waals surface area contributed by atoms with Gasteiger partial charge in [0.15, 0.2) is 0 Å². The van der Waals surface area contributed by atoms with Crippen LogP contribution in [0.2, 0.25) is 0 Å². The first-order valence-corrected chi connectivity index (χ1v) is 10.2. The molecule has 1 aliphatic heterocycles. The van der Waals surface area contributed by atoms with Crippen molar-refractivity contribution in [1.29, 1.82) is 0 Å². The quantitative estimate of drug-likeness (QED) is 0.504. The zero-order valence-corrected chi connectivity index (χ0v) is 18.0. The van der Waals surface area contributed by atoms with Gasteiger partial charge in [-0.25, -0.2) is 4.79 Å². The van der Waals surface area contributed by atoms with Crippen LogP contribution in [0.15, 0.2) is 64.8 Å². The molecule has 3 rings (SSSR count). The molecule has 0 aromatic heterocycles. The van der Waals surface area contributed by atoms with Gasteiger partial charge in [-0.3, -0.25) is 4.79 Å². The summed E-state index contributed by atoms with van der Waals surface area (Å²) < 4.78 is 4.94. The van der Waals surface area contributed by atoms with E-state index in [9.17, 15) is 9.59 Å².